The summed E-state index contributed by atoms with van der Waals surface area (Å²) >= 11 is 0. The highest BCUT2D eigenvalue weighted by Crippen LogP contribution is 2.15. The maximum Gasteiger partial charge on any atom is 0.115 e. The molecule has 0 aliphatic carbocycles. The van der Waals surface area contributed by atoms with Crippen LogP contribution in [0.2, 0.25) is 0 Å². The second-order valence-electron chi connectivity index (χ2n) is 2.52. The van der Waals surface area contributed by atoms with E-state index < -0.39 is 0 Å². The van der Waals surface area contributed by atoms with Crippen molar-refractivity contribution >= 4 is 5.69 Å². The smallest absolute Gasteiger partial charge is 0.115 e. The fourth-order valence-electron chi connectivity index (χ4n) is 0.832. The number of nitrogens with two attached hydrogens (primary N) is 1. The molecule has 2 N–H and O–H groups in total. The van der Waals surface area contributed by atoms with Gasteiger partial charge in [0.25, 0.3) is 0 Å². The monoisotopic (exact) mass is 137 g/mol. The first-order chi connectivity index (χ1) is 4.72. The zero-order valence-corrected chi connectivity index (χ0v) is 6.20. The lowest BCUT2D eigenvalue weighted by molar-refractivity contribution is 0.818. The predicted octanol–water partition coefficient (Wildman–Crippen LogP) is 1.18. The van der Waals surface area contributed by atoms with E-state index in [1.54, 1.807) is 6.20 Å². The number of anilines is 1. The molecule has 0 atom stereocenters. The lowest BCUT2D eigenvalue weighted by Crippen LogP contribution is -1.99. The minimum absolute atomic E-state index is 0.378. The summed E-state index contributed by atoms with van der Waals surface area (Å²) in [5.74, 6) is 0.378. The summed E-state index contributed by atoms with van der Waals surface area (Å²) in [6.45, 7) is 4.11. The van der Waals surface area contributed by atoms with Crippen LogP contribution in [0.25, 0.3) is 0 Å². The Morgan fingerprint density at radius 1 is 1.50 bits per heavy atom. The molecule has 10 heavy (non-hydrogen) atoms. The van der Waals surface area contributed by atoms with Crippen molar-refractivity contribution in [3.8, 4) is 0 Å². The summed E-state index contributed by atoms with van der Waals surface area (Å²) in [7, 11) is 0. The van der Waals surface area contributed by atoms with Gasteiger partial charge in [-0.1, -0.05) is 13.8 Å². The second kappa shape index (κ2) is 2.64. The van der Waals surface area contributed by atoms with Gasteiger partial charge in [-0.25, -0.2) is 9.97 Å². The highest BCUT2D eigenvalue weighted by atomic mass is 14.9. The Morgan fingerprint density at radius 2 is 2.20 bits per heavy atom. The molecule has 0 amide bonds. The summed E-state index contributed by atoms with van der Waals surface area (Å²) in [6.07, 6.45) is 3.15. The molecule has 1 aromatic heterocycles. The van der Waals surface area contributed by atoms with Crippen LogP contribution in [-0.4, -0.2) is 9.97 Å². The number of hydrogen-bond acceptors (Lipinski definition) is 3. The van der Waals surface area contributed by atoms with Gasteiger partial charge in [-0.3, -0.25) is 0 Å². The zero-order chi connectivity index (χ0) is 7.56. The van der Waals surface area contributed by atoms with Crippen LogP contribution < -0.4 is 5.73 Å². The van der Waals surface area contributed by atoms with Crippen molar-refractivity contribution in [2.75, 3.05) is 5.73 Å². The lowest BCUT2D eigenvalue weighted by atomic mass is 10.1. The van der Waals surface area contributed by atoms with E-state index in [0.29, 0.717) is 11.6 Å². The molecule has 0 saturated carbocycles. The van der Waals surface area contributed by atoms with Crippen molar-refractivity contribution in [3.63, 3.8) is 0 Å². The van der Waals surface area contributed by atoms with Gasteiger partial charge in [-0.2, -0.15) is 0 Å². The number of rotatable bonds is 1. The standard InChI is InChI=1S/C7H11N3/c1-5(2)7-6(8)3-9-4-10-7/h3-5H,8H2,1-2H3. The molecular formula is C7H11N3. The lowest BCUT2D eigenvalue weighted by Gasteiger charge is -2.04. The molecule has 54 valence electrons. The van der Waals surface area contributed by atoms with Crippen LogP contribution in [0.5, 0.6) is 0 Å². The summed E-state index contributed by atoms with van der Waals surface area (Å²) in [6, 6.07) is 0. The van der Waals surface area contributed by atoms with Crippen molar-refractivity contribution in [1.82, 2.24) is 9.97 Å². The van der Waals surface area contributed by atoms with Crippen LogP contribution in [0.4, 0.5) is 5.69 Å². The Morgan fingerprint density at radius 3 is 2.60 bits per heavy atom. The minimum atomic E-state index is 0.378. The van der Waals surface area contributed by atoms with E-state index in [1.165, 1.54) is 6.33 Å². The first kappa shape index (κ1) is 6.99. The summed E-state index contributed by atoms with van der Waals surface area (Å²) < 4.78 is 0. The van der Waals surface area contributed by atoms with Crippen LogP contribution in [0, 0.1) is 0 Å². The molecule has 0 aliphatic heterocycles. The molecule has 3 nitrogen and oxygen atoms in total. The van der Waals surface area contributed by atoms with Crippen molar-refractivity contribution < 1.29 is 0 Å². The molecule has 0 spiro atoms. The fourth-order valence-corrected chi connectivity index (χ4v) is 0.832. The number of nitrogens with zero attached hydrogens (tertiary/aromatic N) is 2. The maximum absolute atomic E-state index is 5.60. The average Bonchev–Trinajstić information content (AvgIpc) is 1.88. The third-order valence-corrected chi connectivity index (χ3v) is 1.32. The van der Waals surface area contributed by atoms with Crippen LogP contribution in [-0.2, 0) is 0 Å². The molecule has 0 bridgehead atoms. The topological polar surface area (TPSA) is 51.8 Å². The van der Waals surface area contributed by atoms with Crippen molar-refractivity contribution in [2.24, 2.45) is 0 Å². The second-order valence-corrected chi connectivity index (χ2v) is 2.52. The molecule has 1 aromatic rings. The van der Waals surface area contributed by atoms with Crippen molar-refractivity contribution in [1.29, 1.82) is 0 Å². The van der Waals surface area contributed by atoms with Gasteiger partial charge in [0.2, 0.25) is 0 Å². The van der Waals surface area contributed by atoms with E-state index in [0.717, 1.165) is 5.69 Å². The van der Waals surface area contributed by atoms with E-state index in [2.05, 4.69) is 23.8 Å². The Balaban J connectivity index is 3.03. The van der Waals surface area contributed by atoms with Crippen molar-refractivity contribution in [3.05, 3.63) is 18.2 Å². The Hall–Kier alpha value is -1.12. The first-order valence-electron chi connectivity index (χ1n) is 3.27. The molecule has 0 unspecified atom stereocenters. The van der Waals surface area contributed by atoms with Gasteiger partial charge >= 0.3 is 0 Å². The third-order valence-electron chi connectivity index (χ3n) is 1.32. The quantitative estimate of drug-likeness (QED) is 0.632. The van der Waals surface area contributed by atoms with Gasteiger partial charge in [0.15, 0.2) is 0 Å². The van der Waals surface area contributed by atoms with Gasteiger partial charge in [-0.05, 0) is 5.92 Å². The van der Waals surface area contributed by atoms with E-state index in [1.807, 2.05) is 0 Å². The zero-order valence-electron chi connectivity index (χ0n) is 6.20. The number of nitrogen functional groups attached to an aromatic ring is 1. The molecule has 0 aromatic carbocycles. The molecule has 0 aliphatic rings. The van der Waals surface area contributed by atoms with E-state index in [9.17, 15) is 0 Å². The number of hydrogen-bond donors (Lipinski definition) is 1. The SMILES string of the molecule is CC(C)c1ncncc1N. The Bertz CT molecular complexity index is 220. The normalized spacial score (nSPS) is 10.3. The number of aromatic nitrogens is 2. The largest absolute Gasteiger partial charge is 0.396 e. The van der Waals surface area contributed by atoms with E-state index in [4.69, 9.17) is 5.73 Å². The molecule has 0 radical (unpaired) electrons. The Kier molecular flexibility index (Phi) is 1.85. The summed E-state index contributed by atoms with van der Waals surface area (Å²) in [5, 5.41) is 0. The highest BCUT2D eigenvalue weighted by molar-refractivity contribution is 5.40. The van der Waals surface area contributed by atoms with Gasteiger partial charge < -0.3 is 5.73 Å². The van der Waals surface area contributed by atoms with Crippen LogP contribution in [0.1, 0.15) is 25.5 Å². The van der Waals surface area contributed by atoms with E-state index >= 15 is 0 Å². The van der Waals surface area contributed by atoms with Crippen molar-refractivity contribution in [2.45, 2.75) is 19.8 Å². The van der Waals surface area contributed by atoms with Gasteiger partial charge in [0.1, 0.15) is 6.33 Å². The molecule has 1 heterocycles. The Labute approximate surface area is 60.3 Å². The fraction of sp³-hybridized carbons (Fsp3) is 0.429. The van der Waals surface area contributed by atoms with Gasteiger partial charge in [0, 0.05) is 0 Å². The molecule has 0 saturated heterocycles. The molecule has 3 heteroatoms. The van der Waals surface area contributed by atoms with E-state index in [-0.39, 0.29) is 0 Å². The van der Waals surface area contributed by atoms with Crippen LogP contribution in [0.15, 0.2) is 12.5 Å². The maximum atomic E-state index is 5.60. The summed E-state index contributed by atoms with van der Waals surface area (Å²) in [5.41, 5.74) is 7.20. The first-order valence-corrected chi connectivity index (χ1v) is 3.27. The molecular weight excluding hydrogens is 126 g/mol. The third kappa shape index (κ3) is 1.23. The molecule has 1 rings (SSSR count). The summed E-state index contributed by atoms with van der Waals surface area (Å²) in [4.78, 5) is 7.83. The minimum Gasteiger partial charge on any atom is -0.396 e. The van der Waals surface area contributed by atoms with Crippen LogP contribution in [0.3, 0.4) is 0 Å². The van der Waals surface area contributed by atoms with Crippen LogP contribution >= 0.6 is 0 Å². The average molecular weight is 137 g/mol. The van der Waals surface area contributed by atoms with Gasteiger partial charge in [-0.15, -0.1) is 0 Å². The molecule has 0 fully saturated rings. The van der Waals surface area contributed by atoms with Gasteiger partial charge in [0.05, 0.1) is 17.6 Å². The predicted molar refractivity (Wildman–Crippen MR) is 40.5 cm³/mol. The highest BCUT2D eigenvalue weighted by Gasteiger charge is 2.03.